The van der Waals surface area contributed by atoms with Crippen molar-refractivity contribution in [2.75, 3.05) is 5.32 Å². The van der Waals surface area contributed by atoms with E-state index >= 15 is 0 Å². The second-order valence-corrected chi connectivity index (χ2v) is 11.2. The number of fused-ring (bicyclic) bond motifs is 1. The van der Waals surface area contributed by atoms with Crippen LogP contribution in [0.5, 0.6) is 5.75 Å². The van der Waals surface area contributed by atoms with E-state index in [1.54, 1.807) is 12.1 Å². The van der Waals surface area contributed by atoms with Crippen molar-refractivity contribution in [3.63, 3.8) is 0 Å². The number of carboxylic acid groups (broad SMARTS) is 2. The molecule has 0 bridgehead atoms. The van der Waals surface area contributed by atoms with Gasteiger partial charge in [-0.3, -0.25) is 0 Å². The summed E-state index contributed by atoms with van der Waals surface area (Å²) in [6.07, 6.45) is 2.24. The van der Waals surface area contributed by atoms with Crippen LogP contribution < -0.4 is 15.4 Å². The number of rotatable bonds is 9. The number of amides is 2. The molecule has 13 heteroatoms. The number of para-hydroxylation sites is 1. The SMILES string of the molecule is CCCCc1nc2cc(NC(=O)NC3CCCCC3)ccc2n1Cc1ccc(-c2ccccc2OC(=O)O)cc1.O=C(O)C(F)(F)F. The Hall–Kier alpha value is -5.07. The van der Waals surface area contributed by atoms with Crippen LogP contribution in [0, 0.1) is 0 Å². The summed E-state index contributed by atoms with van der Waals surface area (Å²) in [6.45, 7) is 2.82. The summed E-state index contributed by atoms with van der Waals surface area (Å²) >= 11 is 0. The molecule has 250 valence electrons. The van der Waals surface area contributed by atoms with E-state index in [0.717, 1.165) is 71.3 Å². The fraction of sp³-hybridized carbons (Fsp3) is 0.353. The fourth-order valence-corrected chi connectivity index (χ4v) is 5.42. The molecule has 4 N–H and O–H groups in total. The van der Waals surface area contributed by atoms with Gasteiger partial charge in [0.15, 0.2) is 0 Å². The molecule has 0 atom stereocenters. The van der Waals surface area contributed by atoms with Crippen molar-refractivity contribution in [2.45, 2.75) is 77.1 Å². The molecule has 0 saturated heterocycles. The van der Waals surface area contributed by atoms with Crippen LogP contribution in [0.4, 0.5) is 28.4 Å². The van der Waals surface area contributed by atoms with Crippen LogP contribution in [0.15, 0.2) is 66.7 Å². The first-order chi connectivity index (χ1) is 22.4. The molecule has 5 rings (SSSR count). The number of anilines is 1. The Morgan fingerprint density at radius 1 is 0.979 bits per heavy atom. The maximum absolute atomic E-state index is 12.6. The van der Waals surface area contributed by atoms with Crippen molar-refractivity contribution in [1.29, 1.82) is 0 Å². The van der Waals surface area contributed by atoms with Crippen molar-refractivity contribution in [3.05, 3.63) is 78.1 Å². The third-order valence-corrected chi connectivity index (χ3v) is 7.71. The molecule has 47 heavy (non-hydrogen) atoms. The number of carboxylic acids is 1. The molecule has 0 aliphatic heterocycles. The molecular formula is C34H37F3N4O6. The van der Waals surface area contributed by atoms with Crippen LogP contribution in [0.25, 0.3) is 22.2 Å². The van der Waals surface area contributed by atoms with E-state index in [-0.39, 0.29) is 12.1 Å². The number of hydrogen-bond acceptors (Lipinski definition) is 5. The number of urea groups is 1. The highest BCUT2D eigenvalue weighted by Crippen LogP contribution is 2.31. The minimum absolute atomic E-state index is 0.160. The average molecular weight is 655 g/mol. The number of carbonyl (C=O) groups is 3. The van der Waals surface area contributed by atoms with E-state index in [9.17, 15) is 22.8 Å². The van der Waals surface area contributed by atoms with Gasteiger partial charge in [0.1, 0.15) is 11.6 Å². The smallest absolute Gasteiger partial charge is 0.475 e. The average Bonchev–Trinajstić information content (AvgIpc) is 3.36. The topological polar surface area (TPSA) is 143 Å². The number of ether oxygens (including phenoxy) is 1. The molecule has 1 fully saturated rings. The highest BCUT2D eigenvalue weighted by Gasteiger charge is 2.38. The summed E-state index contributed by atoms with van der Waals surface area (Å²) in [6, 6.07) is 21.2. The number of aromatic nitrogens is 2. The number of aryl methyl sites for hydroxylation is 1. The second-order valence-electron chi connectivity index (χ2n) is 11.2. The van der Waals surface area contributed by atoms with Crippen LogP contribution in [0.2, 0.25) is 0 Å². The molecular weight excluding hydrogens is 617 g/mol. The number of alkyl halides is 3. The number of unbranched alkanes of at least 4 members (excludes halogenated alkanes) is 1. The molecule has 2 amide bonds. The molecule has 1 aliphatic carbocycles. The number of nitrogens with zero attached hydrogens (tertiary/aromatic N) is 2. The maximum Gasteiger partial charge on any atom is 0.511 e. The van der Waals surface area contributed by atoms with Crippen molar-refractivity contribution in [3.8, 4) is 16.9 Å². The third-order valence-electron chi connectivity index (χ3n) is 7.71. The third kappa shape index (κ3) is 9.96. The molecule has 0 radical (unpaired) electrons. The molecule has 0 unspecified atom stereocenters. The van der Waals surface area contributed by atoms with Crippen LogP contribution in [-0.4, -0.2) is 50.1 Å². The first-order valence-electron chi connectivity index (χ1n) is 15.4. The monoisotopic (exact) mass is 654 g/mol. The van der Waals surface area contributed by atoms with Gasteiger partial charge in [-0.1, -0.05) is 75.1 Å². The molecule has 1 saturated carbocycles. The fourth-order valence-electron chi connectivity index (χ4n) is 5.42. The zero-order valence-corrected chi connectivity index (χ0v) is 25.8. The van der Waals surface area contributed by atoms with Gasteiger partial charge < -0.3 is 30.2 Å². The minimum Gasteiger partial charge on any atom is -0.475 e. The Morgan fingerprint density at radius 3 is 2.30 bits per heavy atom. The molecule has 10 nitrogen and oxygen atoms in total. The van der Waals surface area contributed by atoms with E-state index in [2.05, 4.69) is 22.1 Å². The Kier molecular flexibility index (Phi) is 11.8. The number of halogens is 3. The lowest BCUT2D eigenvalue weighted by atomic mass is 9.96. The lowest BCUT2D eigenvalue weighted by Gasteiger charge is -2.22. The predicted molar refractivity (Wildman–Crippen MR) is 171 cm³/mol. The first kappa shape index (κ1) is 34.8. The van der Waals surface area contributed by atoms with Gasteiger partial charge in [-0.25, -0.2) is 19.4 Å². The summed E-state index contributed by atoms with van der Waals surface area (Å²) in [5.41, 5.74) is 5.32. The largest absolute Gasteiger partial charge is 0.511 e. The minimum atomic E-state index is -5.08. The number of hydrogen-bond donors (Lipinski definition) is 4. The van der Waals surface area contributed by atoms with E-state index in [0.29, 0.717) is 12.3 Å². The molecule has 4 aromatic rings. The Labute approximate surface area is 269 Å². The van der Waals surface area contributed by atoms with Crippen LogP contribution in [-0.2, 0) is 17.8 Å². The van der Waals surface area contributed by atoms with Crippen molar-refractivity contribution in [2.24, 2.45) is 0 Å². The standard InChI is InChI=1S/C32H36N4O4.C2HF3O2/c1-2-3-13-30-35-27-20-25(34-31(37)33-24-9-5-4-6-10-24)18-19-28(27)36(30)21-22-14-16-23(17-15-22)26-11-7-8-12-29(26)40-32(38)39;3-2(4,5)1(6)7/h7-8,11-12,14-20,24H,2-6,9-10,13,21H2,1H3,(H,38,39)(H2,33,34,37);(H,6,7). The number of carbonyl (C=O) groups excluding carboxylic acids is 1. The summed E-state index contributed by atoms with van der Waals surface area (Å²) in [5, 5.41) is 22.3. The second kappa shape index (κ2) is 16.0. The van der Waals surface area contributed by atoms with Crippen LogP contribution in [0.3, 0.4) is 0 Å². The van der Waals surface area contributed by atoms with Crippen molar-refractivity contribution >= 4 is 34.9 Å². The Morgan fingerprint density at radius 2 is 1.66 bits per heavy atom. The van der Waals surface area contributed by atoms with Gasteiger partial charge in [0.2, 0.25) is 0 Å². The van der Waals surface area contributed by atoms with Crippen molar-refractivity contribution in [1.82, 2.24) is 14.9 Å². The lowest BCUT2D eigenvalue weighted by Crippen LogP contribution is -2.38. The molecule has 1 heterocycles. The molecule has 3 aromatic carbocycles. The van der Waals surface area contributed by atoms with Gasteiger partial charge in [-0.2, -0.15) is 13.2 Å². The number of imidazole rings is 1. The number of aliphatic carboxylic acids is 1. The summed E-state index contributed by atoms with van der Waals surface area (Å²) in [4.78, 5) is 37.5. The summed E-state index contributed by atoms with van der Waals surface area (Å²) in [7, 11) is 0. The summed E-state index contributed by atoms with van der Waals surface area (Å²) in [5.74, 6) is -1.43. The van der Waals surface area contributed by atoms with E-state index in [4.69, 9.17) is 24.7 Å². The van der Waals surface area contributed by atoms with Gasteiger partial charge in [-0.15, -0.1) is 0 Å². The van der Waals surface area contributed by atoms with Gasteiger partial charge >= 0.3 is 24.3 Å². The molecule has 1 aliphatic rings. The zero-order valence-electron chi connectivity index (χ0n) is 25.8. The van der Waals surface area contributed by atoms with Gasteiger partial charge in [-0.05, 0) is 54.7 Å². The Balaban J connectivity index is 0.000000644. The van der Waals surface area contributed by atoms with Crippen LogP contribution >= 0.6 is 0 Å². The van der Waals surface area contributed by atoms with Crippen molar-refractivity contribution < 1.29 is 42.5 Å². The van der Waals surface area contributed by atoms with Gasteiger partial charge in [0.25, 0.3) is 0 Å². The van der Waals surface area contributed by atoms with Gasteiger partial charge in [0, 0.05) is 30.3 Å². The number of benzene rings is 3. The quantitative estimate of drug-likeness (QED) is 0.105. The zero-order chi connectivity index (χ0) is 34.0. The highest BCUT2D eigenvalue weighted by molar-refractivity contribution is 5.92. The lowest BCUT2D eigenvalue weighted by molar-refractivity contribution is -0.192. The molecule has 0 spiro atoms. The maximum atomic E-state index is 12.6. The van der Waals surface area contributed by atoms with E-state index < -0.39 is 18.3 Å². The highest BCUT2D eigenvalue weighted by atomic mass is 19.4. The van der Waals surface area contributed by atoms with E-state index in [1.165, 1.54) is 19.3 Å². The molecule has 1 aromatic heterocycles. The van der Waals surface area contributed by atoms with E-state index in [1.807, 2.05) is 54.6 Å². The summed E-state index contributed by atoms with van der Waals surface area (Å²) < 4.78 is 38.9. The predicted octanol–water partition coefficient (Wildman–Crippen LogP) is 8.24. The Bertz CT molecular complexity index is 1680. The van der Waals surface area contributed by atoms with Crippen LogP contribution in [0.1, 0.15) is 63.3 Å². The van der Waals surface area contributed by atoms with Gasteiger partial charge in [0.05, 0.1) is 11.0 Å². The normalized spacial score (nSPS) is 13.4. The number of nitrogens with one attached hydrogen (secondary N) is 2. The first-order valence-corrected chi connectivity index (χ1v) is 15.4.